The Labute approximate surface area is 59.8 Å². The van der Waals surface area contributed by atoms with E-state index < -0.39 is 10.3 Å². The average Bonchev–Trinajstić information content (AvgIpc) is 1.80. The van der Waals surface area contributed by atoms with Gasteiger partial charge in [0.2, 0.25) is 0 Å². The maximum atomic E-state index is 10.2. The van der Waals surface area contributed by atoms with Gasteiger partial charge in [-0.15, -0.1) is 0 Å². The van der Waals surface area contributed by atoms with Crippen molar-refractivity contribution < 1.29 is 13.0 Å². The maximum absolute atomic E-state index is 10.2. The van der Waals surface area contributed by atoms with Crippen LogP contribution in [-0.4, -0.2) is 23.8 Å². The minimum absolute atomic E-state index is 0.0231. The molecule has 0 aromatic heterocycles. The minimum Gasteiger partial charge on any atom is -0.268 e. The molecule has 0 amide bonds. The zero-order valence-electron chi connectivity index (χ0n) is 5.48. The van der Waals surface area contributed by atoms with Crippen LogP contribution in [0, 0.1) is 11.5 Å². The fourth-order valence-electron chi connectivity index (χ4n) is 0.420. The van der Waals surface area contributed by atoms with Crippen LogP contribution in [0.25, 0.3) is 0 Å². The van der Waals surface area contributed by atoms with Gasteiger partial charge in [-0.3, -0.25) is 4.55 Å². The predicted molar refractivity (Wildman–Crippen MR) is 34.2 cm³/mol. The molecular weight excluding hydrogens is 156 g/mol. The summed E-state index contributed by atoms with van der Waals surface area (Å²) in [6, 6.07) is 0. The highest BCUT2D eigenvalue weighted by atomic mass is 32.2. The lowest BCUT2D eigenvalue weighted by Gasteiger charge is -2.07. The highest BCUT2D eigenvalue weighted by molar-refractivity contribution is 7.83. The second-order valence-electron chi connectivity index (χ2n) is 1.65. The third kappa shape index (κ3) is 2.66. The first-order chi connectivity index (χ1) is 4.52. The minimum atomic E-state index is -4.30. The van der Waals surface area contributed by atoms with Gasteiger partial charge >= 0.3 is 10.3 Å². The Morgan fingerprint density at radius 2 is 2.20 bits per heavy atom. The van der Waals surface area contributed by atoms with E-state index in [1.54, 1.807) is 6.92 Å². The van der Waals surface area contributed by atoms with Gasteiger partial charge in [-0.2, -0.15) is 18.0 Å². The van der Waals surface area contributed by atoms with E-state index in [-0.39, 0.29) is 6.54 Å². The highest BCUT2D eigenvalue weighted by Gasteiger charge is 2.14. The van der Waals surface area contributed by atoms with Gasteiger partial charge in [0, 0.05) is 6.54 Å². The van der Waals surface area contributed by atoms with Crippen LogP contribution in [0.3, 0.4) is 0 Å². The van der Waals surface area contributed by atoms with Crippen molar-refractivity contribution >= 4 is 10.3 Å². The summed E-state index contributed by atoms with van der Waals surface area (Å²) >= 11 is 0. The van der Waals surface area contributed by atoms with Crippen LogP contribution in [0.15, 0.2) is 0 Å². The molecule has 0 atom stereocenters. The molecule has 58 valence electrons. The summed E-state index contributed by atoms with van der Waals surface area (Å²) in [4.78, 5) is 0. The molecule has 0 fully saturated rings. The van der Waals surface area contributed by atoms with Crippen LogP contribution in [0.4, 0.5) is 0 Å². The molecule has 10 heavy (non-hydrogen) atoms. The fourth-order valence-corrected chi connectivity index (χ4v) is 0.937. The summed E-state index contributed by atoms with van der Waals surface area (Å²) in [7, 11) is -4.30. The lowest BCUT2D eigenvalue weighted by molar-refractivity contribution is 0.410. The summed E-state index contributed by atoms with van der Waals surface area (Å²) in [5, 5.41) is 8.13. The second kappa shape index (κ2) is 3.39. The van der Waals surface area contributed by atoms with Gasteiger partial charge in [-0.1, -0.05) is 6.92 Å². The molecule has 5 nitrogen and oxygen atoms in total. The summed E-state index contributed by atoms with van der Waals surface area (Å²) in [6.45, 7) is 1.73. The van der Waals surface area contributed by atoms with Crippen molar-refractivity contribution in [3.05, 3.63) is 0 Å². The molecule has 0 aliphatic rings. The molecule has 0 saturated carbocycles. The quantitative estimate of drug-likeness (QED) is 0.361. The Bertz CT molecular complexity index is 227. The molecular formula is C4H8N2O3S. The molecule has 0 aromatic rings. The van der Waals surface area contributed by atoms with Crippen molar-refractivity contribution in [1.82, 2.24) is 4.31 Å². The molecule has 0 radical (unpaired) electrons. The molecule has 0 rings (SSSR count). The van der Waals surface area contributed by atoms with E-state index in [2.05, 4.69) is 0 Å². The van der Waals surface area contributed by atoms with E-state index in [4.69, 9.17) is 9.81 Å². The summed E-state index contributed by atoms with van der Waals surface area (Å²) in [6.07, 6.45) is 1.83. The van der Waals surface area contributed by atoms with E-state index in [1.165, 1.54) is 6.19 Å². The van der Waals surface area contributed by atoms with E-state index in [1.807, 2.05) is 0 Å². The van der Waals surface area contributed by atoms with Gasteiger partial charge in [0.15, 0.2) is 6.19 Å². The molecule has 0 bridgehead atoms. The largest absolute Gasteiger partial charge is 0.368 e. The van der Waals surface area contributed by atoms with Crippen LogP contribution < -0.4 is 0 Å². The molecule has 0 heterocycles. The summed E-state index contributed by atoms with van der Waals surface area (Å²) in [5.41, 5.74) is 0. The molecule has 1 N–H and O–H groups in total. The monoisotopic (exact) mass is 164 g/mol. The first-order valence-electron chi connectivity index (χ1n) is 2.67. The van der Waals surface area contributed by atoms with Crippen LogP contribution in [0.1, 0.15) is 13.3 Å². The van der Waals surface area contributed by atoms with E-state index in [9.17, 15) is 8.42 Å². The molecule has 0 saturated heterocycles. The van der Waals surface area contributed by atoms with Gasteiger partial charge in [-0.05, 0) is 6.42 Å². The Kier molecular flexibility index (Phi) is 3.12. The Balaban J connectivity index is 4.27. The van der Waals surface area contributed by atoms with E-state index >= 15 is 0 Å². The number of nitriles is 1. The SMILES string of the molecule is CCCN(C#N)S(=O)(=O)O. The van der Waals surface area contributed by atoms with Gasteiger partial charge in [0.05, 0.1) is 0 Å². The zero-order chi connectivity index (χ0) is 8.20. The Hall–Kier alpha value is -0.800. The fraction of sp³-hybridized carbons (Fsp3) is 0.750. The Morgan fingerprint density at radius 1 is 1.70 bits per heavy atom. The van der Waals surface area contributed by atoms with Crippen LogP contribution in [-0.2, 0) is 10.3 Å². The molecule has 0 aliphatic heterocycles. The van der Waals surface area contributed by atoms with Crippen molar-refractivity contribution in [2.75, 3.05) is 6.54 Å². The number of nitrogens with zero attached hydrogens (tertiary/aromatic N) is 2. The van der Waals surface area contributed by atoms with Crippen molar-refractivity contribution in [2.24, 2.45) is 0 Å². The molecule has 0 aromatic carbocycles. The van der Waals surface area contributed by atoms with Crippen LogP contribution in [0.2, 0.25) is 0 Å². The third-order valence-electron chi connectivity index (χ3n) is 0.817. The number of rotatable bonds is 3. The Morgan fingerprint density at radius 3 is 2.30 bits per heavy atom. The van der Waals surface area contributed by atoms with Gasteiger partial charge in [0.1, 0.15) is 0 Å². The van der Waals surface area contributed by atoms with Crippen molar-refractivity contribution in [2.45, 2.75) is 13.3 Å². The smallest absolute Gasteiger partial charge is 0.268 e. The molecule has 0 aliphatic carbocycles. The molecule has 0 unspecified atom stereocenters. The first kappa shape index (κ1) is 9.20. The maximum Gasteiger partial charge on any atom is 0.368 e. The normalized spacial score (nSPS) is 10.5. The van der Waals surface area contributed by atoms with E-state index in [0.717, 1.165) is 0 Å². The highest BCUT2D eigenvalue weighted by Crippen LogP contribution is 1.95. The van der Waals surface area contributed by atoms with Gasteiger partial charge in [0.25, 0.3) is 0 Å². The van der Waals surface area contributed by atoms with E-state index in [0.29, 0.717) is 10.7 Å². The molecule has 0 spiro atoms. The lowest BCUT2D eigenvalue weighted by Crippen LogP contribution is -2.25. The second-order valence-corrected chi connectivity index (χ2v) is 2.99. The van der Waals surface area contributed by atoms with Crippen molar-refractivity contribution in [3.8, 4) is 6.19 Å². The zero-order valence-corrected chi connectivity index (χ0v) is 6.30. The third-order valence-corrected chi connectivity index (χ3v) is 1.64. The number of hydrogen-bond acceptors (Lipinski definition) is 3. The predicted octanol–water partition coefficient (Wildman–Crippen LogP) is -0.0177. The lowest BCUT2D eigenvalue weighted by atomic mass is 10.5. The van der Waals surface area contributed by atoms with Gasteiger partial charge in [-0.25, -0.2) is 0 Å². The van der Waals surface area contributed by atoms with Crippen LogP contribution in [0.5, 0.6) is 0 Å². The standard InChI is InChI=1S/C4H8N2O3S/c1-2-3-6(4-5)10(7,8)9/h2-3H2,1H3,(H,7,8,9). The molecule has 6 heteroatoms. The summed E-state index contributed by atoms with van der Waals surface area (Å²) < 4.78 is 29.0. The van der Waals surface area contributed by atoms with Crippen molar-refractivity contribution in [1.29, 1.82) is 5.26 Å². The average molecular weight is 164 g/mol. The van der Waals surface area contributed by atoms with Crippen molar-refractivity contribution in [3.63, 3.8) is 0 Å². The summed E-state index contributed by atoms with van der Waals surface area (Å²) in [5.74, 6) is 0. The number of hydrogen-bond donors (Lipinski definition) is 1. The first-order valence-corrected chi connectivity index (χ1v) is 4.07. The van der Waals surface area contributed by atoms with Crippen LogP contribution >= 0.6 is 0 Å². The topological polar surface area (TPSA) is 81.4 Å². The van der Waals surface area contributed by atoms with Gasteiger partial charge < -0.3 is 0 Å².